The first kappa shape index (κ1) is 49.5. The summed E-state index contributed by atoms with van der Waals surface area (Å²) in [7, 11) is 0. The Morgan fingerprint density at radius 2 is 1.74 bits per heavy atom. The Hall–Kier alpha value is -6.94. The molecule has 1 atom stereocenters. The standard InChI is InChI=1S/C49H57F2N11O8/c1-3-32(24-41(52-2)54-27-31-4-5-31)47-57-39(29-70-47)45(64)56-38-28-61(59-43(38)44(50)51)35-9-6-30(7-10-35)26-53-16-20-68-22-23-69-21-19-60-17-14-33(15-18-60)55-34-8-11-36-37(25-34)49(67)62(48(36)66)40-12-13-42(63)58-46(40)65/h3,6-11,24-25,28-29,31,33,40,44,53-55H,2,4-5,12-23,26-27H2,1H3,(H,56,64)(H,58,63,65)/b32-3+,41-24+. The second-order valence-electron chi connectivity index (χ2n) is 17.5. The molecule has 1 unspecified atom stereocenters. The number of carbonyl (C=O) groups excluding carboxylic acids is 5. The Labute approximate surface area is 403 Å². The van der Waals surface area contributed by atoms with E-state index < -0.39 is 47.7 Å². The van der Waals surface area contributed by atoms with Crippen LogP contribution in [0.5, 0.6) is 0 Å². The number of benzene rings is 2. The van der Waals surface area contributed by atoms with Gasteiger partial charge in [0.25, 0.3) is 24.1 Å². The van der Waals surface area contributed by atoms with E-state index in [9.17, 15) is 32.8 Å². The molecule has 70 heavy (non-hydrogen) atoms. The minimum absolute atomic E-state index is 0.0717. The minimum atomic E-state index is -2.95. The van der Waals surface area contributed by atoms with E-state index in [1.165, 1.54) is 23.7 Å². The van der Waals surface area contributed by atoms with Gasteiger partial charge >= 0.3 is 0 Å². The molecule has 1 aliphatic carbocycles. The van der Waals surface area contributed by atoms with Gasteiger partial charge in [0.2, 0.25) is 17.7 Å². The lowest BCUT2D eigenvalue weighted by molar-refractivity contribution is -0.136. The first-order valence-corrected chi connectivity index (χ1v) is 23.5. The molecule has 0 radical (unpaired) electrons. The lowest BCUT2D eigenvalue weighted by Gasteiger charge is -2.32. The van der Waals surface area contributed by atoms with E-state index in [4.69, 9.17) is 13.9 Å². The number of fused-ring (bicyclic) bond motifs is 1. The van der Waals surface area contributed by atoms with Crippen molar-refractivity contribution in [2.24, 2.45) is 10.9 Å². The van der Waals surface area contributed by atoms with Crippen LogP contribution in [0.15, 0.2) is 82.3 Å². The zero-order valence-electron chi connectivity index (χ0n) is 38.9. The fraction of sp³-hybridized carbons (Fsp3) is 0.429. The van der Waals surface area contributed by atoms with Crippen LogP contribution >= 0.6 is 0 Å². The molecule has 1 saturated carbocycles. The first-order valence-electron chi connectivity index (χ1n) is 23.5. The molecule has 4 aromatic rings. The van der Waals surface area contributed by atoms with Crippen LogP contribution in [0.4, 0.5) is 20.2 Å². The van der Waals surface area contributed by atoms with Gasteiger partial charge < -0.3 is 40.1 Å². The van der Waals surface area contributed by atoms with Crippen LogP contribution in [0, 0.1) is 5.92 Å². The molecule has 370 valence electrons. The highest BCUT2D eigenvalue weighted by Crippen LogP contribution is 2.32. The fourth-order valence-electron chi connectivity index (χ4n) is 8.37. The van der Waals surface area contributed by atoms with Gasteiger partial charge in [0.1, 0.15) is 18.1 Å². The molecule has 3 aliphatic heterocycles. The summed E-state index contributed by atoms with van der Waals surface area (Å²) in [5.41, 5.74) is 2.47. The third-order valence-corrected chi connectivity index (χ3v) is 12.5. The van der Waals surface area contributed by atoms with E-state index >= 15 is 0 Å². The van der Waals surface area contributed by atoms with Crippen molar-refractivity contribution < 1.29 is 46.6 Å². The van der Waals surface area contributed by atoms with E-state index in [0.29, 0.717) is 62.5 Å². The van der Waals surface area contributed by atoms with Crippen molar-refractivity contribution >= 4 is 53.2 Å². The number of imide groups is 2. The normalized spacial score (nSPS) is 18.1. The highest BCUT2D eigenvalue weighted by Gasteiger charge is 2.44. The molecule has 3 fully saturated rings. The van der Waals surface area contributed by atoms with E-state index in [0.717, 1.165) is 61.4 Å². The Morgan fingerprint density at radius 1 is 0.986 bits per heavy atom. The Kier molecular flexibility index (Phi) is 16.3. The molecule has 8 rings (SSSR count). The summed E-state index contributed by atoms with van der Waals surface area (Å²) in [6.07, 6.45) is 7.33. The molecule has 5 N–H and O–H groups in total. The van der Waals surface area contributed by atoms with Gasteiger partial charge in [0.15, 0.2) is 11.4 Å². The number of anilines is 2. The number of aromatic nitrogens is 3. The minimum Gasteiger partial charge on any atom is -0.444 e. The number of hydrogen-bond acceptors (Lipinski definition) is 15. The number of aliphatic imine (C=N–C) groups is 1. The lowest BCUT2D eigenvalue weighted by atomic mass is 10.0. The third-order valence-electron chi connectivity index (χ3n) is 12.5. The number of carbonyl (C=O) groups is 5. The van der Waals surface area contributed by atoms with Crippen LogP contribution in [-0.4, -0.2) is 132 Å². The van der Waals surface area contributed by atoms with Crippen LogP contribution in [-0.2, 0) is 25.6 Å². The zero-order chi connectivity index (χ0) is 49.1. The quantitative estimate of drug-likeness (QED) is 0.0267. The molecule has 2 aromatic heterocycles. The van der Waals surface area contributed by atoms with Crippen molar-refractivity contribution in [3.05, 3.63) is 107 Å². The maximum atomic E-state index is 14.1. The number of amides is 5. The Bertz CT molecular complexity index is 2620. The third kappa shape index (κ3) is 12.4. The van der Waals surface area contributed by atoms with E-state index in [-0.39, 0.29) is 47.3 Å². The predicted octanol–water partition coefficient (Wildman–Crippen LogP) is 5.10. The van der Waals surface area contributed by atoms with E-state index in [2.05, 4.69) is 53.3 Å². The second-order valence-corrected chi connectivity index (χ2v) is 17.5. The van der Waals surface area contributed by atoms with Crippen molar-refractivity contribution in [2.45, 2.75) is 70.5 Å². The van der Waals surface area contributed by atoms with Gasteiger partial charge in [-0.15, -0.1) is 0 Å². The molecule has 2 aromatic carbocycles. The zero-order valence-corrected chi connectivity index (χ0v) is 38.9. The van der Waals surface area contributed by atoms with E-state index in [1.807, 2.05) is 12.1 Å². The van der Waals surface area contributed by atoms with Crippen LogP contribution in [0.3, 0.4) is 0 Å². The largest absolute Gasteiger partial charge is 0.444 e. The second kappa shape index (κ2) is 23.1. The molecule has 19 nitrogen and oxygen atoms in total. The fourth-order valence-corrected chi connectivity index (χ4v) is 8.37. The number of halogens is 2. The van der Waals surface area contributed by atoms with Crippen molar-refractivity contribution in [1.29, 1.82) is 0 Å². The van der Waals surface area contributed by atoms with Gasteiger partial charge in [-0.05, 0) is 93.6 Å². The van der Waals surface area contributed by atoms with Gasteiger partial charge in [0, 0.05) is 63.0 Å². The van der Waals surface area contributed by atoms with Crippen LogP contribution in [0.2, 0.25) is 0 Å². The highest BCUT2D eigenvalue weighted by molar-refractivity contribution is 6.23. The van der Waals surface area contributed by atoms with Crippen molar-refractivity contribution in [3.63, 3.8) is 0 Å². The molecule has 0 spiro atoms. The summed E-state index contributed by atoms with van der Waals surface area (Å²) in [6.45, 7) is 11.9. The molecule has 2 saturated heterocycles. The summed E-state index contributed by atoms with van der Waals surface area (Å²) >= 11 is 0. The van der Waals surface area contributed by atoms with Crippen molar-refractivity contribution in [1.82, 2.24) is 40.5 Å². The maximum absolute atomic E-state index is 14.1. The monoisotopic (exact) mass is 965 g/mol. The molecular weight excluding hydrogens is 909 g/mol. The van der Waals surface area contributed by atoms with Crippen LogP contribution in [0.25, 0.3) is 11.3 Å². The maximum Gasteiger partial charge on any atom is 0.284 e. The number of rotatable bonds is 24. The molecule has 5 amide bonds. The average Bonchev–Trinajstić information content (AvgIpc) is 3.78. The summed E-state index contributed by atoms with van der Waals surface area (Å²) < 4.78 is 46.6. The summed E-state index contributed by atoms with van der Waals surface area (Å²) in [5.74, 6) is -1.49. The topological polar surface area (TPSA) is 227 Å². The van der Waals surface area contributed by atoms with Crippen LogP contribution in [0.1, 0.15) is 100 Å². The van der Waals surface area contributed by atoms with Crippen molar-refractivity contribution in [2.75, 3.05) is 69.8 Å². The molecule has 4 aliphatic rings. The number of nitrogens with zero attached hydrogens (tertiary/aromatic N) is 6. The number of allylic oxidation sites excluding steroid dienone is 3. The highest BCUT2D eigenvalue weighted by atomic mass is 19.3. The SMILES string of the molecule is C=N/C(=C\C(=C/C)c1nc(C(=O)Nc2cn(-c3ccc(CNCCOCCOCCN4CCC(Nc5ccc6c(c5)C(=O)N(C5CCC(=O)NC5=O)C6=O)CC4)cc3)nc2C(F)F)co1)NCC1CC1. The summed E-state index contributed by atoms with van der Waals surface area (Å²) in [6, 6.07) is 11.5. The van der Waals surface area contributed by atoms with Crippen molar-refractivity contribution in [3.8, 4) is 5.69 Å². The first-order chi connectivity index (χ1) is 34.0. The lowest BCUT2D eigenvalue weighted by Crippen LogP contribution is -2.54. The number of oxazole rings is 1. The van der Waals surface area contributed by atoms with Crippen LogP contribution < -0.4 is 26.6 Å². The van der Waals surface area contributed by atoms with E-state index in [1.54, 1.807) is 49.4 Å². The number of piperidine rings is 2. The smallest absolute Gasteiger partial charge is 0.284 e. The molecular formula is C49H57F2N11O8. The number of alkyl halides is 2. The number of nitrogens with one attached hydrogen (secondary N) is 5. The van der Waals surface area contributed by atoms with Gasteiger partial charge in [-0.2, -0.15) is 5.10 Å². The summed E-state index contributed by atoms with van der Waals surface area (Å²) in [5, 5.41) is 18.8. The number of ether oxygens (including phenoxy) is 2. The molecule has 0 bridgehead atoms. The number of hydrogen-bond donors (Lipinski definition) is 5. The van der Waals surface area contributed by atoms with Gasteiger partial charge in [-0.25, -0.2) is 23.4 Å². The van der Waals surface area contributed by atoms with Gasteiger partial charge in [-0.1, -0.05) is 18.2 Å². The summed E-state index contributed by atoms with van der Waals surface area (Å²) in [4.78, 5) is 74.9. The van der Waals surface area contributed by atoms with Gasteiger partial charge in [0.05, 0.1) is 55.1 Å². The molecule has 5 heterocycles. The predicted molar refractivity (Wildman–Crippen MR) is 255 cm³/mol. The number of likely N-dealkylation sites (tertiary alicyclic amines) is 1. The Balaban J connectivity index is 0.688. The van der Waals surface area contributed by atoms with Gasteiger partial charge in [-0.3, -0.25) is 34.2 Å². The Morgan fingerprint density at radius 3 is 2.46 bits per heavy atom. The average molecular weight is 966 g/mol. The molecule has 21 heteroatoms.